The monoisotopic (exact) mass is 185 g/mol. The lowest BCUT2D eigenvalue weighted by Crippen LogP contribution is -2.29. The summed E-state index contributed by atoms with van der Waals surface area (Å²) in [6.07, 6.45) is 3.36. The molecule has 0 aromatic heterocycles. The van der Waals surface area contributed by atoms with Gasteiger partial charge in [0.2, 0.25) is 0 Å². The summed E-state index contributed by atoms with van der Waals surface area (Å²) in [7, 11) is 0. The van der Waals surface area contributed by atoms with Crippen molar-refractivity contribution in [3.05, 3.63) is 12.2 Å². The Morgan fingerprint density at radius 2 is 2.08 bits per heavy atom. The summed E-state index contributed by atoms with van der Waals surface area (Å²) in [4.78, 5) is 11.1. The van der Waals surface area contributed by atoms with Crippen LogP contribution in [0, 0.1) is 5.92 Å². The van der Waals surface area contributed by atoms with Gasteiger partial charge in [0.05, 0.1) is 0 Å². The first-order chi connectivity index (χ1) is 6.07. The highest BCUT2D eigenvalue weighted by molar-refractivity contribution is 5.67. The minimum Gasteiger partial charge on any atom is -0.446 e. The van der Waals surface area contributed by atoms with Gasteiger partial charge in [-0.25, -0.2) is 4.79 Å². The fourth-order valence-electron chi connectivity index (χ4n) is 0.607. The maximum Gasteiger partial charge on any atom is 0.407 e. The number of ether oxygens (including phenoxy) is 1. The van der Waals surface area contributed by atoms with Gasteiger partial charge in [0.25, 0.3) is 0 Å². The molecular weight excluding hydrogens is 166 g/mol. The predicted molar refractivity (Wildman–Crippen MR) is 53.6 cm³/mol. The highest BCUT2D eigenvalue weighted by Gasteiger charge is 2.11. The molecule has 0 aliphatic carbocycles. The number of alkyl carbamates (subject to hydrolysis) is 1. The van der Waals surface area contributed by atoms with E-state index < -0.39 is 0 Å². The van der Waals surface area contributed by atoms with Crippen LogP contribution in [0.5, 0.6) is 0 Å². The number of carbonyl (C=O) groups is 1. The van der Waals surface area contributed by atoms with E-state index in [0.29, 0.717) is 12.5 Å². The van der Waals surface area contributed by atoms with Gasteiger partial charge in [0.15, 0.2) is 0 Å². The summed E-state index contributed by atoms with van der Waals surface area (Å²) in [5.74, 6) is 0.354. The summed E-state index contributed by atoms with van der Waals surface area (Å²) in [5.41, 5.74) is 0. The highest BCUT2D eigenvalue weighted by atomic mass is 16.6. The highest BCUT2D eigenvalue weighted by Crippen LogP contribution is 2.04. The first-order valence-electron chi connectivity index (χ1n) is 4.63. The van der Waals surface area contributed by atoms with Crippen molar-refractivity contribution in [1.82, 2.24) is 5.32 Å². The Hall–Kier alpha value is -0.990. The lowest BCUT2D eigenvalue weighted by atomic mass is 10.1. The van der Waals surface area contributed by atoms with Crippen molar-refractivity contribution in [3.8, 4) is 0 Å². The number of hydrogen-bond donors (Lipinski definition) is 1. The molecule has 0 radical (unpaired) electrons. The SMILES string of the molecule is C/C=C\CNC(=O)O[C@H](C)C(C)C. The van der Waals surface area contributed by atoms with Crippen LogP contribution in [0.1, 0.15) is 27.7 Å². The Labute approximate surface area is 80.2 Å². The number of rotatable bonds is 4. The van der Waals surface area contributed by atoms with E-state index in [1.807, 2.05) is 39.8 Å². The maximum absolute atomic E-state index is 11.1. The van der Waals surface area contributed by atoms with Gasteiger partial charge in [-0.05, 0) is 19.8 Å². The van der Waals surface area contributed by atoms with Crippen LogP contribution < -0.4 is 5.32 Å². The van der Waals surface area contributed by atoms with Crippen LogP contribution in [0.3, 0.4) is 0 Å². The van der Waals surface area contributed by atoms with E-state index in [1.165, 1.54) is 0 Å². The van der Waals surface area contributed by atoms with Gasteiger partial charge >= 0.3 is 6.09 Å². The molecule has 0 fully saturated rings. The minimum atomic E-state index is -0.348. The van der Waals surface area contributed by atoms with Gasteiger partial charge in [-0.1, -0.05) is 26.0 Å². The number of hydrogen-bond acceptors (Lipinski definition) is 2. The van der Waals surface area contributed by atoms with Crippen molar-refractivity contribution >= 4 is 6.09 Å². The molecule has 0 aromatic carbocycles. The molecule has 0 aliphatic rings. The van der Waals surface area contributed by atoms with Crippen LogP contribution >= 0.6 is 0 Å². The molecule has 1 N–H and O–H groups in total. The van der Waals surface area contributed by atoms with Crippen LogP contribution in [-0.2, 0) is 4.74 Å². The van der Waals surface area contributed by atoms with Gasteiger partial charge < -0.3 is 10.1 Å². The third-order valence-electron chi connectivity index (χ3n) is 1.83. The summed E-state index contributed by atoms with van der Waals surface area (Å²) >= 11 is 0. The van der Waals surface area contributed by atoms with Crippen LogP contribution in [0.15, 0.2) is 12.2 Å². The Bertz CT molecular complexity index is 176. The topological polar surface area (TPSA) is 38.3 Å². The Morgan fingerprint density at radius 3 is 2.54 bits per heavy atom. The smallest absolute Gasteiger partial charge is 0.407 e. The molecule has 1 atom stereocenters. The molecule has 0 saturated heterocycles. The Kier molecular flexibility index (Phi) is 6.02. The van der Waals surface area contributed by atoms with Gasteiger partial charge in [-0.3, -0.25) is 0 Å². The van der Waals surface area contributed by atoms with Crippen molar-refractivity contribution in [2.24, 2.45) is 5.92 Å². The fraction of sp³-hybridized carbons (Fsp3) is 0.700. The van der Waals surface area contributed by atoms with Crippen molar-refractivity contribution < 1.29 is 9.53 Å². The molecule has 0 heterocycles. The van der Waals surface area contributed by atoms with E-state index in [2.05, 4.69) is 5.32 Å². The predicted octanol–water partition coefficient (Wildman–Crippen LogP) is 2.33. The molecule has 1 amide bonds. The van der Waals surface area contributed by atoms with Gasteiger partial charge in [-0.15, -0.1) is 0 Å². The standard InChI is InChI=1S/C10H19NO2/c1-5-6-7-11-10(12)13-9(4)8(2)3/h5-6,8-9H,7H2,1-4H3,(H,11,12)/b6-5-/t9-/m1/s1. The minimum absolute atomic E-state index is 0.0365. The van der Waals surface area contributed by atoms with Gasteiger partial charge in [0, 0.05) is 6.54 Å². The third kappa shape index (κ3) is 6.20. The summed E-state index contributed by atoms with van der Waals surface area (Å²) < 4.78 is 5.07. The molecular formula is C10H19NO2. The molecule has 76 valence electrons. The number of amides is 1. The van der Waals surface area contributed by atoms with Crippen LogP contribution in [0.25, 0.3) is 0 Å². The summed E-state index contributed by atoms with van der Waals surface area (Å²) in [6.45, 7) is 8.36. The molecule has 0 spiro atoms. The molecule has 0 aromatic rings. The van der Waals surface area contributed by atoms with E-state index >= 15 is 0 Å². The van der Waals surface area contributed by atoms with Crippen molar-refractivity contribution in [2.45, 2.75) is 33.8 Å². The molecule has 0 unspecified atom stereocenters. The molecule has 0 aliphatic heterocycles. The van der Waals surface area contributed by atoms with Crippen LogP contribution in [0.4, 0.5) is 4.79 Å². The quantitative estimate of drug-likeness (QED) is 0.683. The lowest BCUT2D eigenvalue weighted by Gasteiger charge is -2.16. The first kappa shape index (κ1) is 12.0. The van der Waals surface area contributed by atoms with Crippen molar-refractivity contribution in [1.29, 1.82) is 0 Å². The Balaban J connectivity index is 3.62. The molecule has 0 saturated carbocycles. The Morgan fingerprint density at radius 1 is 1.46 bits per heavy atom. The lowest BCUT2D eigenvalue weighted by molar-refractivity contribution is 0.0830. The van der Waals surface area contributed by atoms with Crippen LogP contribution in [-0.4, -0.2) is 18.7 Å². The largest absolute Gasteiger partial charge is 0.446 e. The average Bonchev–Trinajstić information content (AvgIpc) is 2.04. The maximum atomic E-state index is 11.1. The average molecular weight is 185 g/mol. The summed E-state index contributed by atoms with van der Waals surface area (Å²) in [5, 5.41) is 2.62. The zero-order valence-electron chi connectivity index (χ0n) is 8.83. The first-order valence-corrected chi connectivity index (χ1v) is 4.63. The van der Waals surface area contributed by atoms with Crippen molar-refractivity contribution in [2.75, 3.05) is 6.54 Å². The second-order valence-corrected chi connectivity index (χ2v) is 3.30. The fourth-order valence-corrected chi connectivity index (χ4v) is 0.607. The zero-order chi connectivity index (χ0) is 10.3. The van der Waals surface area contributed by atoms with E-state index in [1.54, 1.807) is 0 Å². The molecule has 3 heteroatoms. The second kappa shape index (κ2) is 6.52. The van der Waals surface area contributed by atoms with E-state index in [9.17, 15) is 4.79 Å². The van der Waals surface area contributed by atoms with E-state index in [-0.39, 0.29) is 12.2 Å². The molecule has 13 heavy (non-hydrogen) atoms. The summed E-state index contributed by atoms with van der Waals surface area (Å²) in [6, 6.07) is 0. The number of carbonyl (C=O) groups excluding carboxylic acids is 1. The number of allylic oxidation sites excluding steroid dienone is 1. The number of nitrogens with one attached hydrogen (secondary N) is 1. The zero-order valence-corrected chi connectivity index (χ0v) is 8.83. The second-order valence-electron chi connectivity index (χ2n) is 3.30. The normalized spacial score (nSPS) is 13.3. The van der Waals surface area contributed by atoms with E-state index in [4.69, 9.17) is 4.74 Å². The van der Waals surface area contributed by atoms with E-state index in [0.717, 1.165) is 0 Å². The third-order valence-corrected chi connectivity index (χ3v) is 1.83. The molecule has 3 nitrogen and oxygen atoms in total. The molecule has 0 rings (SSSR count). The molecule has 0 bridgehead atoms. The van der Waals surface area contributed by atoms with Crippen molar-refractivity contribution in [3.63, 3.8) is 0 Å². The van der Waals surface area contributed by atoms with Gasteiger partial charge in [0.1, 0.15) is 6.10 Å². The van der Waals surface area contributed by atoms with Crippen LogP contribution in [0.2, 0.25) is 0 Å². The van der Waals surface area contributed by atoms with Gasteiger partial charge in [-0.2, -0.15) is 0 Å².